The predicted octanol–water partition coefficient (Wildman–Crippen LogP) is 9.27. The van der Waals surface area contributed by atoms with Crippen LogP contribution in [0.3, 0.4) is 0 Å². The van der Waals surface area contributed by atoms with E-state index in [4.69, 9.17) is 10.8 Å². The lowest BCUT2D eigenvalue weighted by atomic mass is 10.1. The van der Waals surface area contributed by atoms with E-state index < -0.39 is 33.6 Å². The Morgan fingerprint density at radius 2 is 0.576 bits per heavy atom. The molecule has 0 aliphatic carbocycles. The van der Waals surface area contributed by atoms with Gasteiger partial charge in [-0.05, 0) is 24.9 Å². The van der Waals surface area contributed by atoms with Crippen LogP contribution in [0.25, 0.3) is 0 Å². The van der Waals surface area contributed by atoms with Gasteiger partial charge in [-0.1, -0.05) is 103 Å². The summed E-state index contributed by atoms with van der Waals surface area (Å²) >= 11 is 0. The Kier molecular flexibility index (Phi) is 18.8. The molecule has 0 saturated heterocycles. The zero-order valence-corrected chi connectivity index (χ0v) is 21.5. The quantitative estimate of drug-likeness (QED) is 0.0873. The Balaban J connectivity index is 3.38. The number of unbranched alkanes of at least 4 members (excludes halogenated alkanes) is 16. The first-order valence-electron chi connectivity index (χ1n) is 13.1. The smallest absolute Gasteiger partial charge is 0.339 e. The lowest BCUT2D eigenvalue weighted by molar-refractivity contribution is -0.136. The Bertz CT molecular complexity index is 404. The van der Waals surface area contributed by atoms with Gasteiger partial charge in [0.25, 0.3) is 0 Å². The molecule has 0 atom stereocenters. The molecule has 0 saturated carbocycles. The zero-order chi connectivity index (χ0) is 25.1. The second kappa shape index (κ2) is 19.0. The lowest BCUT2D eigenvalue weighted by Crippen LogP contribution is -2.55. The monoisotopic (exact) mass is 506 g/mol. The van der Waals surface area contributed by atoms with Gasteiger partial charge >= 0.3 is 12.4 Å². The topological polar surface area (TPSA) is 52.0 Å². The van der Waals surface area contributed by atoms with Crippen molar-refractivity contribution in [2.45, 2.75) is 153 Å². The fourth-order valence-corrected chi connectivity index (χ4v) is 6.23. The van der Waals surface area contributed by atoms with Crippen LogP contribution in [-0.4, -0.2) is 20.7 Å². The second-order valence-electron chi connectivity index (χ2n) is 9.83. The molecule has 0 amide bonds. The minimum atomic E-state index is -4.02. The predicted molar refractivity (Wildman–Crippen MR) is 128 cm³/mol. The Morgan fingerprint density at radius 3 is 0.818 bits per heavy atom. The average molecular weight is 507 g/mol. The van der Waals surface area contributed by atoms with E-state index in [-0.39, 0.29) is 12.8 Å². The lowest BCUT2D eigenvalue weighted by Gasteiger charge is -2.21. The van der Waals surface area contributed by atoms with Crippen LogP contribution in [0.15, 0.2) is 0 Å². The summed E-state index contributed by atoms with van der Waals surface area (Å²) in [7, 11) is -2.10. The van der Waals surface area contributed by atoms with Crippen molar-refractivity contribution >= 4 is 8.40 Å². The van der Waals surface area contributed by atoms with Gasteiger partial charge in [0.05, 0.1) is 0 Å². The number of alkyl halides is 6. The summed E-state index contributed by atoms with van der Waals surface area (Å²) in [5.41, 5.74) is 0. The maximum absolute atomic E-state index is 12.0. The van der Waals surface area contributed by atoms with Gasteiger partial charge < -0.3 is 10.8 Å². The number of nitrogens with two attached hydrogens (primary N) is 2. The summed E-state index contributed by atoms with van der Waals surface area (Å²) in [5, 5.41) is 12.7. The first-order chi connectivity index (χ1) is 15.4. The number of halogens is 6. The number of hydrogen-bond acceptors (Lipinski definition) is 2. The number of hydrogen-bond donors (Lipinski definition) is 2. The van der Waals surface area contributed by atoms with Crippen LogP contribution in [0.5, 0.6) is 0 Å². The fraction of sp³-hybridized carbons (Fsp3) is 1.00. The van der Waals surface area contributed by atoms with E-state index in [1.165, 1.54) is 0 Å². The summed E-state index contributed by atoms with van der Waals surface area (Å²) in [6.45, 7) is 0. The molecular formula is C24H48F6N2Si. The molecule has 0 unspecified atom stereocenters. The standard InChI is InChI=1S/C24H48F6N2Si/c25-23(26,27)19-15-11-7-3-1-5-9-13-17-21-33(31,32)22-18-14-10-6-2-4-8-12-16-20-24(28,29)30/h1-22,31-32H2. The highest BCUT2D eigenvalue weighted by molar-refractivity contribution is 6.73. The SMILES string of the molecule is N[Si](N)(CCCCCCCCCCCC(F)(F)F)CCCCCCCCCCCC(F)(F)F. The van der Waals surface area contributed by atoms with Crippen LogP contribution >= 0.6 is 0 Å². The maximum atomic E-state index is 12.0. The van der Waals surface area contributed by atoms with Gasteiger partial charge in [-0.15, -0.1) is 0 Å². The fourth-order valence-electron chi connectivity index (χ4n) is 4.16. The summed E-state index contributed by atoms with van der Waals surface area (Å²) in [4.78, 5) is 0. The van der Waals surface area contributed by atoms with Gasteiger partial charge in [-0.2, -0.15) is 26.3 Å². The normalized spacial score (nSPS) is 13.1. The zero-order valence-electron chi connectivity index (χ0n) is 20.5. The van der Waals surface area contributed by atoms with Crippen molar-refractivity contribution < 1.29 is 26.3 Å². The molecule has 0 aromatic heterocycles. The summed E-state index contributed by atoms with van der Waals surface area (Å²) in [5.74, 6) is 0. The molecule has 0 rings (SSSR count). The van der Waals surface area contributed by atoms with E-state index in [1.54, 1.807) is 0 Å². The van der Waals surface area contributed by atoms with Gasteiger partial charge in [0.15, 0.2) is 8.40 Å². The minimum absolute atomic E-state index is 0.248. The third-order valence-electron chi connectivity index (χ3n) is 6.20. The molecule has 33 heavy (non-hydrogen) atoms. The van der Waals surface area contributed by atoms with Gasteiger partial charge in [0, 0.05) is 12.8 Å². The first-order valence-corrected chi connectivity index (χ1v) is 15.7. The van der Waals surface area contributed by atoms with Crippen molar-refractivity contribution in [3.8, 4) is 0 Å². The molecule has 0 aromatic carbocycles. The molecule has 0 aliphatic heterocycles. The van der Waals surface area contributed by atoms with Crippen molar-refractivity contribution in [1.29, 1.82) is 0 Å². The molecule has 2 nitrogen and oxygen atoms in total. The maximum Gasteiger partial charge on any atom is 0.389 e. The Labute approximate surface area is 198 Å². The highest BCUT2D eigenvalue weighted by Gasteiger charge is 2.26. The number of rotatable bonds is 22. The van der Waals surface area contributed by atoms with Crippen LogP contribution in [-0.2, 0) is 0 Å². The van der Waals surface area contributed by atoms with Crippen LogP contribution in [0, 0.1) is 0 Å². The van der Waals surface area contributed by atoms with E-state index in [0.717, 1.165) is 102 Å². The summed E-state index contributed by atoms with van der Waals surface area (Å²) in [6, 6.07) is 1.89. The second-order valence-corrected chi connectivity index (χ2v) is 13.3. The molecule has 0 fully saturated rings. The van der Waals surface area contributed by atoms with Crippen LogP contribution in [0.4, 0.5) is 26.3 Å². The molecule has 0 heterocycles. The van der Waals surface area contributed by atoms with Crippen LogP contribution in [0.1, 0.15) is 128 Å². The average Bonchev–Trinajstić information content (AvgIpc) is 2.68. The van der Waals surface area contributed by atoms with Gasteiger partial charge in [-0.3, -0.25) is 0 Å². The highest BCUT2D eigenvalue weighted by atomic mass is 28.3. The van der Waals surface area contributed by atoms with E-state index in [1.807, 2.05) is 0 Å². The Morgan fingerprint density at radius 1 is 0.364 bits per heavy atom. The van der Waals surface area contributed by atoms with Gasteiger partial charge in [0.2, 0.25) is 0 Å². The Hall–Kier alpha value is -0.283. The van der Waals surface area contributed by atoms with Crippen molar-refractivity contribution in [3.05, 3.63) is 0 Å². The van der Waals surface area contributed by atoms with E-state index in [9.17, 15) is 26.3 Å². The molecule has 0 bridgehead atoms. The van der Waals surface area contributed by atoms with E-state index in [0.29, 0.717) is 12.8 Å². The van der Waals surface area contributed by atoms with Gasteiger partial charge in [-0.25, -0.2) is 0 Å². The highest BCUT2D eigenvalue weighted by Crippen LogP contribution is 2.24. The minimum Gasteiger partial charge on any atom is -0.339 e. The molecule has 0 radical (unpaired) electrons. The van der Waals surface area contributed by atoms with E-state index in [2.05, 4.69) is 0 Å². The van der Waals surface area contributed by atoms with Crippen molar-refractivity contribution in [1.82, 2.24) is 0 Å². The molecule has 9 heteroatoms. The summed E-state index contributed by atoms with van der Waals surface area (Å²) in [6.07, 6.45) is 7.40. The van der Waals surface area contributed by atoms with Gasteiger partial charge in [0.1, 0.15) is 0 Å². The van der Waals surface area contributed by atoms with Crippen molar-refractivity contribution in [3.63, 3.8) is 0 Å². The van der Waals surface area contributed by atoms with Crippen LogP contribution in [0.2, 0.25) is 12.1 Å². The summed E-state index contributed by atoms with van der Waals surface area (Å²) < 4.78 is 72.3. The van der Waals surface area contributed by atoms with E-state index >= 15 is 0 Å². The largest absolute Gasteiger partial charge is 0.389 e. The van der Waals surface area contributed by atoms with Crippen molar-refractivity contribution in [2.24, 2.45) is 10.8 Å². The molecule has 0 aliphatic rings. The molecule has 4 N–H and O–H groups in total. The van der Waals surface area contributed by atoms with Crippen molar-refractivity contribution in [2.75, 3.05) is 0 Å². The molecule has 200 valence electrons. The molecule has 0 aromatic rings. The third kappa shape index (κ3) is 27.8. The first kappa shape index (κ1) is 32.7. The van der Waals surface area contributed by atoms with Crippen LogP contribution < -0.4 is 10.8 Å². The third-order valence-corrected chi connectivity index (χ3v) is 8.77. The molecular weight excluding hydrogens is 458 g/mol. The molecule has 0 spiro atoms.